The first kappa shape index (κ1) is 13.0. The summed E-state index contributed by atoms with van der Waals surface area (Å²) in [5.74, 6) is 0. The Balaban J connectivity index is 2.01. The second kappa shape index (κ2) is 5.46. The van der Waals surface area contributed by atoms with Crippen LogP contribution in [0.3, 0.4) is 0 Å². The van der Waals surface area contributed by atoms with Gasteiger partial charge in [-0.15, -0.1) is 11.3 Å². The van der Waals surface area contributed by atoms with Gasteiger partial charge in [-0.1, -0.05) is 0 Å². The van der Waals surface area contributed by atoms with Crippen molar-refractivity contribution in [3.63, 3.8) is 0 Å². The lowest BCUT2D eigenvalue weighted by atomic mass is 10.0. The third-order valence-electron chi connectivity index (χ3n) is 3.80. The molecule has 1 aliphatic rings. The second-order valence-corrected chi connectivity index (χ2v) is 6.19. The van der Waals surface area contributed by atoms with E-state index < -0.39 is 0 Å². The Morgan fingerprint density at radius 3 is 2.47 bits per heavy atom. The topological polar surface area (TPSA) is 28.2 Å². The fourth-order valence-electron chi connectivity index (χ4n) is 2.68. The lowest BCUT2D eigenvalue weighted by Gasteiger charge is -2.35. The highest BCUT2D eigenvalue weighted by molar-refractivity contribution is 7.11. The van der Waals surface area contributed by atoms with Gasteiger partial charge >= 0.3 is 0 Å². The number of piperidine rings is 1. The van der Waals surface area contributed by atoms with E-state index in [1.807, 2.05) is 11.3 Å². The summed E-state index contributed by atoms with van der Waals surface area (Å²) >= 11 is 1.85. The molecule has 0 saturated carbocycles. The van der Waals surface area contributed by atoms with Crippen molar-refractivity contribution < 1.29 is 0 Å². The molecule has 1 aromatic rings. The smallest absolute Gasteiger partial charge is 0.0900 e. The Labute approximate surface area is 108 Å². The summed E-state index contributed by atoms with van der Waals surface area (Å²) in [6, 6.07) is 1.24. The van der Waals surface area contributed by atoms with E-state index in [4.69, 9.17) is 0 Å². The molecule has 0 aromatic carbocycles. The van der Waals surface area contributed by atoms with Crippen molar-refractivity contribution in [3.8, 4) is 0 Å². The van der Waals surface area contributed by atoms with Gasteiger partial charge in [0.25, 0.3) is 0 Å². The minimum atomic E-state index is 0.527. The van der Waals surface area contributed by atoms with E-state index in [1.165, 1.54) is 41.5 Å². The first-order chi connectivity index (χ1) is 8.11. The predicted molar refractivity (Wildman–Crippen MR) is 73.7 cm³/mol. The van der Waals surface area contributed by atoms with E-state index in [-0.39, 0.29) is 0 Å². The maximum Gasteiger partial charge on any atom is 0.0900 e. The van der Waals surface area contributed by atoms with Crippen LogP contribution in [0, 0.1) is 13.8 Å². The quantitative estimate of drug-likeness (QED) is 0.897. The second-order valence-electron chi connectivity index (χ2n) is 4.96. The summed E-state index contributed by atoms with van der Waals surface area (Å²) in [5.41, 5.74) is 1.22. The molecule has 0 aliphatic carbocycles. The van der Waals surface area contributed by atoms with Crippen LogP contribution in [0.1, 0.15) is 41.4 Å². The summed E-state index contributed by atoms with van der Waals surface area (Å²) in [6.07, 6.45) is 2.52. The number of thiazole rings is 1. The molecule has 3 nitrogen and oxygen atoms in total. The molecule has 0 radical (unpaired) electrons. The van der Waals surface area contributed by atoms with Crippen LogP contribution in [-0.4, -0.2) is 36.1 Å². The fraction of sp³-hybridized carbons (Fsp3) is 0.769. The first-order valence-corrected chi connectivity index (χ1v) is 7.28. The van der Waals surface area contributed by atoms with Gasteiger partial charge in [-0.3, -0.25) is 4.90 Å². The highest BCUT2D eigenvalue weighted by atomic mass is 32.1. The van der Waals surface area contributed by atoms with Crippen molar-refractivity contribution >= 4 is 11.3 Å². The van der Waals surface area contributed by atoms with Gasteiger partial charge in [0.15, 0.2) is 0 Å². The van der Waals surface area contributed by atoms with Crippen molar-refractivity contribution in [1.29, 1.82) is 0 Å². The van der Waals surface area contributed by atoms with Crippen molar-refractivity contribution in [1.82, 2.24) is 15.2 Å². The average molecular weight is 253 g/mol. The fourth-order valence-corrected chi connectivity index (χ4v) is 3.69. The summed E-state index contributed by atoms with van der Waals surface area (Å²) in [4.78, 5) is 8.58. The zero-order valence-electron chi connectivity index (χ0n) is 11.3. The molecule has 1 atom stereocenters. The van der Waals surface area contributed by atoms with Crippen molar-refractivity contribution in [3.05, 3.63) is 15.6 Å². The number of hydrogen-bond acceptors (Lipinski definition) is 4. The van der Waals surface area contributed by atoms with Gasteiger partial charge in [-0.25, -0.2) is 4.98 Å². The molecule has 1 aliphatic heterocycles. The minimum Gasteiger partial charge on any atom is -0.317 e. The maximum atomic E-state index is 4.54. The number of nitrogens with one attached hydrogen (secondary N) is 1. The molecule has 1 unspecified atom stereocenters. The lowest BCUT2D eigenvalue weighted by molar-refractivity contribution is 0.156. The molecule has 1 saturated heterocycles. The standard InChI is InChI=1S/C13H23N3S/c1-9-13(17-11(3)15-9)10(2)16-7-5-12(14-4)6-8-16/h10,12,14H,5-8H2,1-4H3. The van der Waals surface area contributed by atoms with Crippen LogP contribution in [0.4, 0.5) is 0 Å². The average Bonchev–Trinajstić information content (AvgIpc) is 2.68. The van der Waals surface area contributed by atoms with Gasteiger partial charge in [0, 0.05) is 30.1 Å². The third kappa shape index (κ3) is 2.87. The van der Waals surface area contributed by atoms with E-state index in [1.54, 1.807) is 0 Å². The number of likely N-dealkylation sites (tertiary alicyclic amines) is 1. The van der Waals surface area contributed by atoms with Crippen molar-refractivity contribution in [2.75, 3.05) is 20.1 Å². The SMILES string of the molecule is CNC1CCN(C(C)c2sc(C)nc2C)CC1. The number of rotatable bonds is 3. The predicted octanol–water partition coefficient (Wildman–Crippen LogP) is 2.50. The molecule has 1 fully saturated rings. The highest BCUT2D eigenvalue weighted by Crippen LogP contribution is 2.30. The molecule has 0 bridgehead atoms. The number of aromatic nitrogens is 1. The first-order valence-electron chi connectivity index (χ1n) is 6.47. The van der Waals surface area contributed by atoms with E-state index in [2.05, 4.69) is 43.0 Å². The monoisotopic (exact) mass is 253 g/mol. The summed E-state index contributed by atoms with van der Waals surface area (Å²) in [6.45, 7) is 8.95. The molecule has 2 rings (SSSR count). The Morgan fingerprint density at radius 1 is 1.35 bits per heavy atom. The van der Waals surface area contributed by atoms with Crippen LogP contribution in [-0.2, 0) is 0 Å². The van der Waals surface area contributed by atoms with E-state index in [9.17, 15) is 0 Å². The zero-order valence-corrected chi connectivity index (χ0v) is 12.1. The Kier molecular flexibility index (Phi) is 4.17. The molecule has 1 aromatic heterocycles. The Hall–Kier alpha value is -0.450. The van der Waals surface area contributed by atoms with Crippen LogP contribution in [0.25, 0.3) is 0 Å². The molecular weight excluding hydrogens is 230 g/mol. The van der Waals surface area contributed by atoms with E-state index >= 15 is 0 Å². The van der Waals surface area contributed by atoms with Crippen molar-refractivity contribution in [2.45, 2.75) is 45.7 Å². The van der Waals surface area contributed by atoms with Crippen LogP contribution in [0.15, 0.2) is 0 Å². The van der Waals surface area contributed by atoms with Crippen LogP contribution >= 0.6 is 11.3 Å². The normalized spacial score (nSPS) is 20.7. The number of hydrogen-bond donors (Lipinski definition) is 1. The molecule has 0 spiro atoms. The van der Waals surface area contributed by atoms with Crippen molar-refractivity contribution in [2.24, 2.45) is 0 Å². The van der Waals surface area contributed by atoms with Gasteiger partial charge in [0.2, 0.25) is 0 Å². The number of nitrogens with zero attached hydrogens (tertiary/aromatic N) is 2. The molecule has 96 valence electrons. The van der Waals surface area contributed by atoms with Gasteiger partial charge in [-0.2, -0.15) is 0 Å². The highest BCUT2D eigenvalue weighted by Gasteiger charge is 2.24. The molecule has 2 heterocycles. The summed E-state index contributed by atoms with van der Waals surface area (Å²) < 4.78 is 0. The summed E-state index contributed by atoms with van der Waals surface area (Å²) in [5, 5.41) is 4.57. The Morgan fingerprint density at radius 2 is 2.00 bits per heavy atom. The van der Waals surface area contributed by atoms with Gasteiger partial charge < -0.3 is 5.32 Å². The lowest BCUT2D eigenvalue weighted by Crippen LogP contribution is -2.42. The largest absolute Gasteiger partial charge is 0.317 e. The van der Waals surface area contributed by atoms with Gasteiger partial charge in [-0.05, 0) is 40.7 Å². The van der Waals surface area contributed by atoms with Crippen LogP contribution < -0.4 is 5.32 Å². The minimum absolute atomic E-state index is 0.527. The van der Waals surface area contributed by atoms with Crippen LogP contribution in [0.5, 0.6) is 0 Å². The van der Waals surface area contributed by atoms with E-state index in [0.29, 0.717) is 12.1 Å². The zero-order chi connectivity index (χ0) is 12.4. The third-order valence-corrected chi connectivity index (χ3v) is 5.05. The van der Waals surface area contributed by atoms with E-state index in [0.717, 1.165) is 0 Å². The molecule has 17 heavy (non-hydrogen) atoms. The number of aryl methyl sites for hydroxylation is 2. The summed E-state index contributed by atoms with van der Waals surface area (Å²) in [7, 11) is 2.07. The molecule has 1 N–H and O–H groups in total. The van der Waals surface area contributed by atoms with Gasteiger partial charge in [0.1, 0.15) is 0 Å². The molecule has 4 heteroatoms. The molecular formula is C13H23N3S. The van der Waals surface area contributed by atoms with Crippen LogP contribution in [0.2, 0.25) is 0 Å². The molecule has 0 amide bonds. The Bertz CT molecular complexity index is 367. The van der Waals surface area contributed by atoms with Gasteiger partial charge in [0.05, 0.1) is 10.7 Å². The maximum absolute atomic E-state index is 4.54.